The zero-order valence-corrected chi connectivity index (χ0v) is 17.9. The van der Waals surface area contributed by atoms with Gasteiger partial charge in [0, 0.05) is 57.3 Å². The van der Waals surface area contributed by atoms with E-state index in [1.54, 1.807) is 0 Å². The van der Waals surface area contributed by atoms with Gasteiger partial charge in [-0.05, 0) is 17.7 Å². The van der Waals surface area contributed by atoms with Crippen LogP contribution in [0.1, 0.15) is 5.56 Å². The second-order valence-corrected chi connectivity index (χ2v) is 9.69. The van der Waals surface area contributed by atoms with E-state index < -0.39 is 0 Å². The van der Waals surface area contributed by atoms with Gasteiger partial charge < -0.3 is 0 Å². The van der Waals surface area contributed by atoms with Crippen molar-refractivity contribution < 1.29 is 19.4 Å². The average Bonchev–Trinajstić information content (AvgIpc) is 2.60. The number of hydrazine groups is 1. The minimum Gasteiger partial charge on any atom is -0.184 e. The van der Waals surface area contributed by atoms with Crippen molar-refractivity contribution in [1.82, 2.24) is 16.7 Å². The Bertz CT molecular complexity index is 416. The standard InChI is InChI=1S/C7H6ClI2N.C4H9N3.Pt/c8-7-3-1-6(2-4-7)5-11(9)10;1-6-3-5-7(2)4-6;/h1-4H,5H2;5H,4H2,1-2H3;. The van der Waals surface area contributed by atoms with E-state index >= 15 is 0 Å². The molecular formula is C11H15ClI2N4Pt. The van der Waals surface area contributed by atoms with Crippen LogP contribution in [0.5, 0.6) is 0 Å². The van der Waals surface area contributed by atoms with Crippen molar-refractivity contribution in [1.29, 1.82) is 0 Å². The summed E-state index contributed by atoms with van der Waals surface area (Å²) in [5.74, 6) is 0. The first-order valence-corrected chi connectivity index (χ1v) is 8.84. The minimum absolute atomic E-state index is 0.794. The molecular weight excluding hydrogens is 672 g/mol. The second kappa shape index (κ2) is 9.40. The van der Waals surface area contributed by atoms with Crippen molar-refractivity contribution in [2.75, 3.05) is 20.8 Å². The van der Waals surface area contributed by atoms with Crippen molar-refractivity contribution in [3.8, 4) is 0 Å². The maximum Gasteiger partial charge on any atom is 0.0435 e. The number of nitrogens with one attached hydrogen (secondary N) is 1. The molecule has 0 unspecified atom stereocenters. The van der Waals surface area contributed by atoms with Gasteiger partial charge in [-0.3, -0.25) is 0 Å². The van der Waals surface area contributed by atoms with Gasteiger partial charge in [-0.2, -0.15) is 1.33 Å². The number of hydrogen-bond acceptors (Lipinski definition) is 4. The van der Waals surface area contributed by atoms with Gasteiger partial charge in [0.05, 0.1) is 0 Å². The molecule has 2 rings (SSSR count). The van der Waals surface area contributed by atoms with Crippen LogP contribution in [-0.4, -0.2) is 36.1 Å². The fourth-order valence-electron chi connectivity index (χ4n) is 1.37. The molecule has 1 heterocycles. The van der Waals surface area contributed by atoms with Crippen molar-refractivity contribution in [3.63, 3.8) is 0 Å². The van der Waals surface area contributed by atoms with Crippen molar-refractivity contribution in [2.45, 2.75) is 6.54 Å². The third-order valence-electron chi connectivity index (χ3n) is 2.23. The van der Waals surface area contributed by atoms with Crippen molar-refractivity contribution in [3.05, 3.63) is 34.9 Å². The SMILES string of the molecule is CN1CN(C)[C](=[Pt])N1.Clc1ccc(CN(I)I)cc1. The molecule has 0 bridgehead atoms. The zero-order chi connectivity index (χ0) is 14.4. The first-order chi connectivity index (χ1) is 8.88. The molecule has 0 amide bonds. The Balaban J connectivity index is 0.000000200. The van der Waals surface area contributed by atoms with Crippen LogP contribution in [0.2, 0.25) is 5.02 Å². The molecule has 1 aromatic carbocycles. The number of benzene rings is 1. The molecule has 0 spiro atoms. The molecule has 0 aliphatic carbocycles. The largest absolute Gasteiger partial charge is 0.184 e. The summed E-state index contributed by atoms with van der Waals surface area (Å²) in [5, 5.41) is 2.82. The zero-order valence-electron chi connectivity index (χ0n) is 10.5. The number of nitrogens with zero attached hydrogens (tertiary/aromatic N) is 3. The third kappa shape index (κ3) is 7.80. The summed E-state index contributed by atoms with van der Waals surface area (Å²) in [6.07, 6.45) is 0. The van der Waals surface area contributed by atoms with Crippen LogP contribution in [0.15, 0.2) is 24.3 Å². The molecule has 1 aliphatic heterocycles. The number of hydrogen-bond donors (Lipinski definition) is 1. The molecule has 0 aromatic heterocycles. The maximum atomic E-state index is 5.73. The van der Waals surface area contributed by atoms with Gasteiger partial charge in [-0.15, -0.1) is 0 Å². The molecule has 8 heteroatoms. The third-order valence-corrected chi connectivity index (χ3v) is 4.28. The molecule has 0 radical (unpaired) electrons. The summed E-state index contributed by atoms with van der Waals surface area (Å²) in [5.41, 5.74) is 4.41. The van der Waals surface area contributed by atoms with Crippen LogP contribution >= 0.6 is 57.3 Å². The van der Waals surface area contributed by atoms with Crippen LogP contribution in [0.25, 0.3) is 0 Å². The normalized spacial score (nSPS) is 16.7. The molecule has 1 aromatic rings. The Morgan fingerprint density at radius 2 is 1.89 bits per heavy atom. The van der Waals surface area contributed by atoms with E-state index in [0.29, 0.717) is 0 Å². The van der Waals surface area contributed by atoms with Gasteiger partial charge >= 0.3 is 59.6 Å². The predicted octanol–water partition coefficient (Wildman–Crippen LogP) is 2.80. The van der Waals surface area contributed by atoms with Crippen LogP contribution in [0.4, 0.5) is 0 Å². The molecule has 110 valence electrons. The van der Waals surface area contributed by atoms with Gasteiger partial charge in [0.1, 0.15) is 0 Å². The Morgan fingerprint density at radius 1 is 1.32 bits per heavy atom. The van der Waals surface area contributed by atoms with E-state index in [1.165, 1.54) is 9.71 Å². The van der Waals surface area contributed by atoms with Crippen LogP contribution < -0.4 is 5.43 Å². The van der Waals surface area contributed by atoms with Gasteiger partial charge in [0.2, 0.25) is 0 Å². The van der Waals surface area contributed by atoms with Gasteiger partial charge in [0.15, 0.2) is 0 Å². The summed E-state index contributed by atoms with van der Waals surface area (Å²) in [6, 6.07) is 7.89. The van der Waals surface area contributed by atoms with Gasteiger partial charge in [-0.25, -0.2) is 0 Å². The predicted molar refractivity (Wildman–Crippen MR) is 93.6 cm³/mol. The monoisotopic (exact) mass is 687 g/mol. The summed E-state index contributed by atoms with van der Waals surface area (Å²) >= 11 is 12.5. The summed E-state index contributed by atoms with van der Waals surface area (Å²) in [7, 11) is 4.07. The summed E-state index contributed by atoms with van der Waals surface area (Å²) in [4.78, 5) is 2.14. The molecule has 1 N–H and O–H groups in total. The van der Waals surface area contributed by atoms with E-state index in [-0.39, 0.29) is 0 Å². The quantitative estimate of drug-likeness (QED) is 0.382. The molecule has 0 atom stereocenters. The first kappa shape index (κ1) is 18.4. The van der Waals surface area contributed by atoms with Crippen LogP contribution in [0.3, 0.4) is 0 Å². The second-order valence-electron chi connectivity index (χ2n) is 4.00. The van der Waals surface area contributed by atoms with Crippen molar-refractivity contribution in [2.24, 2.45) is 0 Å². The molecule has 1 saturated heterocycles. The van der Waals surface area contributed by atoms with E-state index in [9.17, 15) is 0 Å². The Morgan fingerprint density at radius 3 is 2.21 bits per heavy atom. The minimum atomic E-state index is 0.794. The molecule has 19 heavy (non-hydrogen) atoms. The van der Waals surface area contributed by atoms with E-state index in [4.69, 9.17) is 11.6 Å². The molecule has 1 fully saturated rings. The fraction of sp³-hybridized carbons (Fsp3) is 0.364. The molecule has 4 nitrogen and oxygen atoms in total. The molecule has 0 saturated carbocycles. The Labute approximate surface area is 158 Å². The topological polar surface area (TPSA) is 21.8 Å². The van der Waals surface area contributed by atoms with E-state index in [1.807, 2.05) is 36.3 Å². The van der Waals surface area contributed by atoms with Crippen LogP contribution in [-0.2, 0) is 25.9 Å². The smallest absolute Gasteiger partial charge is 0.0435 e. The maximum absolute atomic E-state index is 5.73. The van der Waals surface area contributed by atoms with Crippen LogP contribution in [0, 0.1) is 0 Å². The average molecular weight is 688 g/mol. The van der Waals surface area contributed by atoms with E-state index in [0.717, 1.165) is 18.2 Å². The van der Waals surface area contributed by atoms with Gasteiger partial charge in [-0.1, -0.05) is 23.7 Å². The van der Waals surface area contributed by atoms with E-state index in [2.05, 4.69) is 83.8 Å². The van der Waals surface area contributed by atoms with Gasteiger partial charge in [0.25, 0.3) is 0 Å². The summed E-state index contributed by atoms with van der Waals surface area (Å²) in [6.45, 7) is 1.91. The number of rotatable bonds is 2. The summed E-state index contributed by atoms with van der Waals surface area (Å²) < 4.78 is 3.26. The first-order valence-electron chi connectivity index (χ1n) is 5.40. The fourth-order valence-corrected chi connectivity index (χ4v) is 2.88. The van der Waals surface area contributed by atoms with Crippen molar-refractivity contribution >= 4 is 61.5 Å². The molecule has 1 aliphatic rings. The Kier molecular flexibility index (Phi) is 9.11. The Hall–Kier alpha value is 1.37. The number of halogens is 3.